The molecule has 0 aliphatic rings. The molecule has 0 amide bonds. The Bertz CT molecular complexity index is 511. The van der Waals surface area contributed by atoms with E-state index in [2.05, 4.69) is 5.10 Å². The predicted molar refractivity (Wildman–Crippen MR) is 68.5 cm³/mol. The minimum Gasteiger partial charge on any atom is -0.487 e. The summed E-state index contributed by atoms with van der Waals surface area (Å²) in [5.74, 6) is 1.10. The normalized spacial score (nSPS) is 10.5. The second-order valence-electron chi connectivity index (χ2n) is 3.71. The number of hydrogen-bond acceptors (Lipinski definition) is 2. The third-order valence-corrected chi connectivity index (χ3v) is 2.91. The van der Waals surface area contributed by atoms with Gasteiger partial charge in [0.25, 0.3) is 0 Å². The van der Waals surface area contributed by atoms with Gasteiger partial charge in [-0.15, -0.1) is 11.6 Å². The van der Waals surface area contributed by atoms with Crippen LogP contribution in [0.4, 0.5) is 0 Å². The van der Waals surface area contributed by atoms with Crippen LogP contribution in [-0.2, 0) is 19.5 Å². The van der Waals surface area contributed by atoms with Crippen LogP contribution in [0.15, 0.2) is 30.6 Å². The first-order valence-electron chi connectivity index (χ1n) is 5.14. The van der Waals surface area contributed by atoms with Crippen LogP contribution in [0.25, 0.3) is 0 Å². The summed E-state index contributed by atoms with van der Waals surface area (Å²) in [5, 5.41) is 4.64. The van der Waals surface area contributed by atoms with E-state index >= 15 is 0 Å². The smallest absolute Gasteiger partial charge is 0.138 e. The number of nitrogens with zero attached hydrogens (tertiary/aromatic N) is 2. The highest BCUT2D eigenvalue weighted by Gasteiger charge is 2.04. The Hall–Kier alpha value is -1.19. The lowest BCUT2D eigenvalue weighted by molar-refractivity contribution is 0.306. The molecular weight excluding hydrogens is 259 g/mol. The molecule has 0 aliphatic carbocycles. The minimum atomic E-state index is 0.447. The fraction of sp³-hybridized carbons (Fsp3) is 0.250. The number of benzene rings is 1. The van der Waals surface area contributed by atoms with Gasteiger partial charge in [-0.2, -0.15) is 5.10 Å². The molecule has 0 fully saturated rings. The zero-order valence-electron chi connectivity index (χ0n) is 9.36. The van der Waals surface area contributed by atoms with E-state index in [1.165, 1.54) is 0 Å². The standard InChI is InChI=1S/C12H12Cl2N2O/c1-16-7-10(6-15-16)8-17-12-3-2-9(5-13)4-11(12)14/h2-4,6-7H,5,8H2,1H3. The fourth-order valence-corrected chi connectivity index (χ4v) is 1.88. The predicted octanol–water partition coefficient (Wildman–Crippen LogP) is 3.39. The number of alkyl halides is 1. The maximum atomic E-state index is 6.08. The molecule has 0 radical (unpaired) electrons. The van der Waals surface area contributed by atoms with Gasteiger partial charge >= 0.3 is 0 Å². The highest BCUT2D eigenvalue weighted by molar-refractivity contribution is 6.32. The van der Waals surface area contributed by atoms with Crippen molar-refractivity contribution in [1.82, 2.24) is 9.78 Å². The summed E-state index contributed by atoms with van der Waals surface area (Å²) >= 11 is 11.8. The maximum absolute atomic E-state index is 6.08. The number of aryl methyl sites for hydroxylation is 1. The Balaban J connectivity index is 2.04. The summed E-state index contributed by atoms with van der Waals surface area (Å²) in [6.07, 6.45) is 3.67. The SMILES string of the molecule is Cn1cc(COc2ccc(CCl)cc2Cl)cn1. The molecule has 0 unspecified atom stereocenters. The van der Waals surface area contributed by atoms with E-state index in [-0.39, 0.29) is 0 Å². The van der Waals surface area contributed by atoms with Gasteiger partial charge in [-0.1, -0.05) is 17.7 Å². The first kappa shape index (κ1) is 12.3. The topological polar surface area (TPSA) is 27.1 Å². The Kier molecular flexibility index (Phi) is 3.92. The Labute approximate surface area is 110 Å². The summed E-state index contributed by atoms with van der Waals surface area (Å²) in [4.78, 5) is 0. The average molecular weight is 271 g/mol. The molecule has 90 valence electrons. The quantitative estimate of drug-likeness (QED) is 0.797. The van der Waals surface area contributed by atoms with Gasteiger partial charge in [0.05, 0.1) is 11.2 Å². The van der Waals surface area contributed by atoms with Gasteiger partial charge in [-0.25, -0.2) is 0 Å². The van der Waals surface area contributed by atoms with E-state index in [0.29, 0.717) is 23.3 Å². The lowest BCUT2D eigenvalue weighted by Gasteiger charge is -2.07. The van der Waals surface area contributed by atoms with Crippen molar-refractivity contribution < 1.29 is 4.74 Å². The van der Waals surface area contributed by atoms with Crippen molar-refractivity contribution in [2.24, 2.45) is 7.05 Å². The average Bonchev–Trinajstić information content (AvgIpc) is 2.73. The van der Waals surface area contributed by atoms with E-state index in [9.17, 15) is 0 Å². The molecular formula is C12H12Cl2N2O. The van der Waals surface area contributed by atoms with Gasteiger partial charge in [0.2, 0.25) is 0 Å². The van der Waals surface area contributed by atoms with Crippen molar-refractivity contribution in [3.05, 3.63) is 46.7 Å². The molecule has 0 spiro atoms. The van der Waals surface area contributed by atoms with E-state index in [1.807, 2.05) is 31.4 Å². The maximum Gasteiger partial charge on any atom is 0.138 e. The Morgan fingerprint density at radius 2 is 2.18 bits per heavy atom. The molecule has 0 aliphatic heterocycles. The second-order valence-corrected chi connectivity index (χ2v) is 4.38. The van der Waals surface area contributed by atoms with E-state index in [4.69, 9.17) is 27.9 Å². The van der Waals surface area contributed by atoms with Crippen LogP contribution in [0.3, 0.4) is 0 Å². The second kappa shape index (κ2) is 5.43. The molecule has 0 saturated carbocycles. The van der Waals surface area contributed by atoms with Crippen molar-refractivity contribution >= 4 is 23.2 Å². The number of aromatic nitrogens is 2. The van der Waals surface area contributed by atoms with Gasteiger partial charge in [-0.05, 0) is 17.7 Å². The van der Waals surface area contributed by atoms with Crippen molar-refractivity contribution in [2.45, 2.75) is 12.5 Å². The number of ether oxygens (including phenoxy) is 1. The number of hydrogen-bond donors (Lipinski definition) is 0. The summed E-state index contributed by atoms with van der Waals surface area (Å²) < 4.78 is 7.34. The van der Waals surface area contributed by atoms with Crippen molar-refractivity contribution in [3.8, 4) is 5.75 Å². The van der Waals surface area contributed by atoms with Gasteiger partial charge in [0.15, 0.2) is 0 Å². The number of halogens is 2. The molecule has 2 rings (SSSR count). The lowest BCUT2D eigenvalue weighted by Crippen LogP contribution is -1.95. The Morgan fingerprint density at radius 3 is 2.76 bits per heavy atom. The van der Waals surface area contributed by atoms with Crippen molar-refractivity contribution in [2.75, 3.05) is 0 Å². The summed E-state index contributed by atoms with van der Waals surface area (Å²) in [6.45, 7) is 0.452. The van der Waals surface area contributed by atoms with Crippen LogP contribution in [0.1, 0.15) is 11.1 Å². The molecule has 17 heavy (non-hydrogen) atoms. The van der Waals surface area contributed by atoms with Crippen LogP contribution in [-0.4, -0.2) is 9.78 Å². The third kappa shape index (κ3) is 3.14. The highest BCUT2D eigenvalue weighted by Crippen LogP contribution is 2.26. The molecule has 3 nitrogen and oxygen atoms in total. The zero-order chi connectivity index (χ0) is 12.3. The molecule has 1 aromatic heterocycles. The molecule has 2 aromatic rings. The molecule has 1 heterocycles. The summed E-state index contributed by atoms with van der Waals surface area (Å²) in [7, 11) is 1.87. The lowest BCUT2D eigenvalue weighted by atomic mass is 10.2. The largest absolute Gasteiger partial charge is 0.487 e. The van der Waals surface area contributed by atoms with E-state index in [1.54, 1.807) is 10.9 Å². The molecule has 0 atom stereocenters. The highest BCUT2D eigenvalue weighted by atomic mass is 35.5. The van der Waals surface area contributed by atoms with E-state index < -0.39 is 0 Å². The van der Waals surface area contributed by atoms with E-state index in [0.717, 1.165) is 11.1 Å². The molecule has 0 N–H and O–H groups in total. The van der Waals surface area contributed by atoms with Crippen LogP contribution in [0.5, 0.6) is 5.75 Å². The minimum absolute atomic E-state index is 0.447. The van der Waals surface area contributed by atoms with Crippen LogP contribution < -0.4 is 4.74 Å². The summed E-state index contributed by atoms with van der Waals surface area (Å²) in [5.41, 5.74) is 1.98. The van der Waals surface area contributed by atoms with Crippen LogP contribution in [0.2, 0.25) is 5.02 Å². The van der Waals surface area contributed by atoms with Gasteiger partial charge in [0, 0.05) is 24.7 Å². The van der Waals surface area contributed by atoms with Crippen LogP contribution in [0, 0.1) is 0 Å². The molecule has 0 saturated heterocycles. The summed E-state index contributed by atoms with van der Waals surface area (Å²) in [6, 6.07) is 5.54. The molecule has 5 heteroatoms. The van der Waals surface area contributed by atoms with Gasteiger partial charge in [0.1, 0.15) is 12.4 Å². The zero-order valence-corrected chi connectivity index (χ0v) is 10.9. The number of rotatable bonds is 4. The third-order valence-electron chi connectivity index (χ3n) is 2.30. The van der Waals surface area contributed by atoms with Gasteiger partial charge < -0.3 is 4.74 Å². The van der Waals surface area contributed by atoms with Crippen LogP contribution >= 0.6 is 23.2 Å². The Morgan fingerprint density at radius 1 is 1.35 bits per heavy atom. The van der Waals surface area contributed by atoms with Crippen molar-refractivity contribution in [3.63, 3.8) is 0 Å². The van der Waals surface area contributed by atoms with Crippen molar-refractivity contribution in [1.29, 1.82) is 0 Å². The fourth-order valence-electron chi connectivity index (χ4n) is 1.45. The first-order valence-corrected chi connectivity index (χ1v) is 6.05. The van der Waals surface area contributed by atoms with Gasteiger partial charge in [-0.3, -0.25) is 4.68 Å². The molecule has 0 bridgehead atoms. The first-order chi connectivity index (χ1) is 8.19. The monoisotopic (exact) mass is 270 g/mol. The molecule has 1 aromatic carbocycles.